The Morgan fingerprint density at radius 2 is 2.08 bits per heavy atom. The molecule has 1 unspecified atom stereocenters. The Kier molecular flexibility index (Phi) is 6.56. The van der Waals surface area contributed by atoms with E-state index in [1.165, 1.54) is 11.8 Å². The van der Waals surface area contributed by atoms with Gasteiger partial charge in [0, 0.05) is 12.2 Å². The SMILES string of the molecule is C=CCNC(=O)C(C)SCc1nc(N)nc(Nc2ccccc2)n1. The standard InChI is InChI=1S/C16H20N6OS/c1-3-9-18-14(23)11(2)24-10-13-20-15(17)22-16(21-13)19-12-7-5-4-6-8-12/h3-8,11H,1,9-10H2,2H3,(H,18,23)(H3,17,19,20,21,22). The summed E-state index contributed by atoms with van der Waals surface area (Å²) < 4.78 is 0. The van der Waals surface area contributed by atoms with Gasteiger partial charge in [0.25, 0.3) is 0 Å². The van der Waals surface area contributed by atoms with Gasteiger partial charge in [0.15, 0.2) is 0 Å². The molecule has 8 heteroatoms. The Hall–Kier alpha value is -2.61. The Morgan fingerprint density at radius 1 is 1.33 bits per heavy atom. The van der Waals surface area contributed by atoms with E-state index in [1.54, 1.807) is 6.08 Å². The van der Waals surface area contributed by atoms with E-state index in [9.17, 15) is 4.79 Å². The predicted molar refractivity (Wildman–Crippen MR) is 97.9 cm³/mol. The van der Waals surface area contributed by atoms with Gasteiger partial charge in [-0.1, -0.05) is 24.3 Å². The van der Waals surface area contributed by atoms with Crippen molar-refractivity contribution in [1.82, 2.24) is 20.3 Å². The number of nitrogens with one attached hydrogen (secondary N) is 2. The normalized spacial score (nSPS) is 11.5. The minimum atomic E-state index is -0.228. The molecule has 0 spiro atoms. The van der Waals surface area contributed by atoms with Crippen LogP contribution in [-0.4, -0.2) is 32.7 Å². The second kappa shape index (κ2) is 8.88. The van der Waals surface area contributed by atoms with Gasteiger partial charge < -0.3 is 16.4 Å². The van der Waals surface area contributed by atoms with E-state index in [0.29, 0.717) is 24.1 Å². The van der Waals surface area contributed by atoms with Crippen LogP contribution >= 0.6 is 11.8 Å². The van der Waals surface area contributed by atoms with Crippen molar-refractivity contribution in [3.05, 3.63) is 48.8 Å². The fraction of sp³-hybridized carbons (Fsp3) is 0.250. The van der Waals surface area contributed by atoms with E-state index >= 15 is 0 Å². The number of hydrogen-bond acceptors (Lipinski definition) is 7. The summed E-state index contributed by atoms with van der Waals surface area (Å²) in [7, 11) is 0. The lowest BCUT2D eigenvalue weighted by Gasteiger charge is -2.11. The molecule has 7 nitrogen and oxygen atoms in total. The molecule has 0 fully saturated rings. The van der Waals surface area contributed by atoms with Crippen molar-refractivity contribution in [2.75, 3.05) is 17.6 Å². The van der Waals surface area contributed by atoms with Gasteiger partial charge in [-0.3, -0.25) is 4.79 Å². The molecule has 0 aliphatic rings. The Morgan fingerprint density at radius 3 is 2.79 bits per heavy atom. The molecule has 126 valence electrons. The molecule has 1 aromatic carbocycles. The van der Waals surface area contributed by atoms with Gasteiger partial charge in [-0.15, -0.1) is 18.3 Å². The minimum Gasteiger partial charge on any atom is -0.368 e. The molecule has 0 bridgehead atoms. The molecule has 0 saturated carbocycles. The molecule has 0 aliphatic carbocycles. The molecule has 1 heterocycles. The fourth-order valence-corrected chi connectivity index (χ4v) is 2.56. The second-order valence-corrected chi connectivity index (χ2v) is 6.24. The molecule has 0 radical (unpaired) electrons. The third-order valence-electron chi connectivity index (χ3n) is 2.98. The Labute approximate surface area is 145 Å². The average Bonchev–Trinajstić information content (AvgIpc) is 2.58. The zero-order chi connectivity index (χ0) is 17.4. The lowest BCUT2D eigenvalue weighted by atomic mass is 10.3. The summed E-state index contributed by atoms with van der Waals surface area (Å²) in [4.78, 5) is 24.4. The van der Waals surface area contributed by atoms with Crippen molar-refractivity contribution in [1.29, 1.82) is 0 Å². The highest BCUT2D eigenvalue weighted by atomic mass is 32.2. The van der Waals surface area contributed by atoms with E-state index in [0.717, 1.165) is 5.69 Å². The van der Waals surface area contributed by atoms with Crippen LogP contribution in [0.15, 0.2) is 43.0 Å². The number of nitrogens with two attached hydrogens (primary N) is 1. The monoisotopic (exact) mass is 344 g/mol. The summed E-state index contributed by atoms with van der Waals surface area (Å²) in [5, 5.41) is 5.61. The van der Waals surface area contributed by atoms with Gasteiger partial charge in [0.05, 0.1) is 11.0 Å². The van der Waals surface area contributed by atoms with Gasteiger partial charge >= 0.3 is 0 Å². The summed E-state index contributed by atoms with van der Waals surface area (Å²) in [5.41, 5.74) is 6.60. The first kappa shape index (κ1) is 17.7. The summed E-state index contributed by atoms with van der Waals surface area (Å²) in [5.74, 6) is 1.45. The number of carbonyl (C=O) groups excluding carboxylic acids is 1. The number of amides is 1. The molecule has 4 N–H and O–H groups in total. The van der Waals surface area contributed by atoms with E-state index in [2.05, 4.69) is 32.2 Å². The molecule has 0 aliphatic heterocycles. The van der Waals surface area contributed by atoms with Crippen molar-refractivity contribution in [3.8, 4) is 0 Å². The maximum atomic E-state index is 11.8. The number of para-hydroxylation sites is 1. The molecule has 1 atom stereocenters. The van der Waals surface area contributed by atoms with Crippen LogP contribution in [0.3, 0.4) is 0 Å². The largest absolute Gasteiger partial charge is 0.368 e. The first-order valence-electron chi connectivity index (χ1n) is 7.41. The van der Waals surface area contributed by atoms with Crippen molar-refractivity contribution < 1.29 is 4.79 Å². The average molecular weight is 344 g/mol. The Balaban J connectivity index is 1.98. The van der Waals surface area contributed by atoms with Crippen LogP contribution < -0.4 is 16.4 Å². The summed E-state index contributed by atoms with van der Waals surface area (Å²) in [6, 6.07) is 9.55. The maximum Gasteiger partial charge on any atom is 0.233 e. The van der Waals surface area contributed by atoms with Gasteiger partial charge in [-0.25, -0.2) is 0 Å². The lowest BCUT2D eigenvalue weighted by Crippen LogP contribution is -2.31. The highest BCUT2D eigenvalue weighted by Gasteiger charge is 2.14. The zero-order valence-corrected chi connectivity index (χ0v) is 14.2. The second-order valence-electron chi connectivity index (χ2n) is 4.91. The van der Waals surface area contributed by atoms with Crippen LogP contribution in [0.1, 0.15) is 12.7 Å². The summed E-state index contributed by atoms with van der Waals surface area (Å²) in [6.07, 6.45) is 1.64. The van der Waals surface area contributed by atoms with E-state index in [4.69, 9.17) is 5.73 Å². The highest BCUT2D eigenvalue weighted by molar-refractivity contribution is 7.99. The van der Waals surface area contributed by atoms with Gasteiger partial charge in [-0.2, -0.15) is 15.0 Å². The summed E-state index contributed by atoms with van der Waals surface area (Å²) in [6.45, 7) is 5.85. The number of thioether (sulfide) groups is 1. The summed E-state index contributed by atoms with van der Waals surface area (Å²) >= 11 is 1.43. The van der Waals surface area contributed by atoms with Crippen LogP contribution in [0.5, 0.6) is 0 Å². The number of aromatic nitrogens is 3. The minimum absolute atomic E-state index is 0.0513. The first-order chi connectivity index (χ1) is 11.6. The first-order valence-corrected chi connectivity index (χ1v) is 8.46. The highest BCUT2D eigenvalue weighted by Crippen LogP contribution is 2.18. The fourth-order valence-electron chi connectivity index (χ4n) is 1.80. The lowest BCUT2D eigenvalue weighted by molar-refractivity contribution is -0.120. The number of rotatable bonds is 8. The molecule has 24 heavy (non-hydrogen) atoms. The van der Waals surface area contributed by atoms with E-state index < -0.39 is 0 Å². The molecule has 2 rings (SSSR count). The number of hydrogen-bond donors (Lipinski definition) is 3. The topological polar surface area (TPSA) is 106 Å². The van der Waals surface area contributed by atoms with Crippen molar-refractivity contribution in [2.45, 2.75) is 17.9 Å². The van der Waals surface area contributed by atoms with Crippen molar-refractivity contribution in [3.63, 3.8) is 0 Å². The molecule has 1 aromatic heterocycles. The third-order valence-corrected chi connectivity index (χ3v) is 4.12. The molecular weight excluding hydrogens is 324 g/mol. The molecule has 0 saturated heterocycles. The molecule has 2 aromatic rings. The molecule has 1 amide bonds. The van der Waals surface area contributed by atoms with Gasteiger partial charge in [-0.05, 0) is 19.1 Å². The third kappa shape index (κ3) is 5.54. The van der Waals surface area contributed by atoms with Crippen molar-refractivity contribution >= 4 is 35.3 Å². The maximum absolute atomic E-state index is 11.8. The van der Waals surface area contributed by atoms with Crippen LogP contribution in [0.25, 0.3) is 0 Å². The van der Waals surface area contributed by atoms with Gasteiger partial charge in [0.2, 0.25) is 17.8 Å². The van der Waals surface area contributed by atoms with Crippen LogP contribution in [0.4, 0.5) is 17.6 Å². The Bertz CT molecular complexity index is 694. The zero-order valence-electron chi connectivity index (χ0n) is 13.4. The van der Waals surface area contributed by atoms with Crippen LogP contribution in [0.2, 0.25) is 0 Å². The number of anilines is 3. The van der Waals surface area contributed by atoms with E-state index in [-0.39, 0.29) is 17.1 Å². The predicted octanol–water partition coefficient (Wildman–Crippen LogP) is 2.12. The smallest absolute Gasteiger partial charge is 0.233 e. The molecular formula is C16H20N6OS. The van der Waals surface area contributed by atoms with Crippen LogP contribution in [-0.2, 0) is 10.5 Å². The quantitative estimate of drug-likeness (QED) is 0.630. The number of benzene rings is 1. The number of carbonyl (C=O) groups is 1. The van der Waals surface area contributed by atoms with Crippen LogP contribution in [0, 0.1) is 0 Å². The van der Waals surface area contributed by atoms with E-state index in [1.807, 2.05) is 37.3 Å². The number of nitrogen functional groups attached to an aromatic ring is 1. The van der Waals surface area contributed by atoms with Crippen molar-refractivity contribution in [2.24, 2.45) is 0 Å². The van der Waals surface area contributed by atoms with Gasteiger partial charge in [0.1, 0.15) is 5.82 Å². The number of nitrogens with zero attached hydrogens (tertiary/aromatic N) is 3.